The maximum Gasteiger partial charge on any atom is 0.194 e. The predicted molar refractivity (Wildman–Crippen MR) is 96.2 cm³/mol. The van der Waals surface area contributed by atoms with Gasteiger partial charge >= 0.3 is 0 Å². The molecule has 1 N–H and O–H groups in total. The van der Waals surface area contributed by atoms with Crippen LogP contribution in [0.15, 0.2) is 27.8 Å². The first-order valence-electron chi connectivity index (χ1n) is 9.06. The lowest BCUT2D eigenvalue weighted by Crippen LogP contribution is -2.72. The number of ether oxygens (including phenoxy) is 1. The Balaban J connectivity index is 1.63. The van der Waals surface area contributed by atoms with Crippen molar-refractivity contribution >= 4 is 5.96 Å². The molecule has 2 saturated heterocycles. The Hall–Kier alpha value is -1.49. The molecule has 2 aliphatic rings. The van der Waals surface area contributed by atoms with Gasteiger partial charge in [-0.1, -0.05) is 13.8 Å². The number of rotatable bonds is 5. The Morgan fingerprint density at radius 2 is 2.21 bits per heavy atom. The van der Waals surface area contributed by atoms with Crippen LogP contribution in [0.2, 0.25) is 0 Å². The Kier molecular flexibility index (Phi) is 4.90. The van der Waals surface area contributed by atoms with Crippen molar-refractivity contribution < 1.29 is 9.15 Å². The molecule has 2 fully saturated rings. The standard InChI is InChI=1S/C19H31N3O2/c1-18(2)14-22(19(18,3)4)17(21-12-15-8-11-23-13-15)20-9-7-16-6-5-10-24-16/h5-6,10,15H,7-9,11-14H2,1-4H3,(H,20,21). The Morgan fingerprint density at radius 3 is 2.79 bits per heavy atom. The molecule has 3 rings (SSSR count). The number of furan rings is 1. The van der Waals surface area contributed by atoms with E-state index >= 15 is 0 Å². The maximum atomic E-state index is 5.48. The van der Waals surface area contributed by atoms with Crippen molar-refractivity contribution in [1.29, 1.82) is 0 Å². The van der Waals surface area contributed by atoms with Crippen molar-refractivity contribution in [2.24, 2.45) is 16.3 Å². The number of guanidine groups is 1. The second-order valence-electron chi connectivity index (χ2n) is 8.18. The maximum absolute atomic E-state index is 5.48. The first kappa shape index (κ1) is 17.3. The molecule has 0 saturated carbocycles. The summed E-state index contributed by atoms with van der Waals surface area (Å²) in [6, 6.07) is 3.95. The fourth-order valence-electron chi connectivity index (χ4n) is 3.33. The normalized spacial score (nSPS) is 25.6. The van der Waals surface area contributed by atoms with Gasteiger partial charge in [-0.05, 0) is 32.4 Å². The molecular formula is C19H31N3O2. The van der Waals surface area contributed by atoms with Gasteiger partial charge < -0.3 is 19.4 Å². The van der Waals surface area contributed by atoms with Crippen LogP contribution in [0.4, 0.5) is 0 Å². The monoisotopic (exact) mass is 333 g/mol. The Bertz CT molecular complexity index is 557. The number of nitrogens with zero attached hydrogens (tertiary/aromatic N) is 2. The second-order valence-corrected chi connectivity index (χ2v) is 8.18. The van der Waals surface area contributed by atoms with Crippen LogP contribution < -0.4 is 5.32 Å². The lowest BCUT2D eigenvalue weighted by atomic mass is 9.65. The van der Waals surface area contributed by atoms with Gasteiger partial charge in [0, 0.05) is 49.5 Å². The molecule has 0 spiro atoms. The second kappa shape index (κ2) is 6.79. The largest absolute Gasteiger partial charge is 0.469 e. The van der Waals surface area contributed by atoms with Crippen LogP contribution in [0.1, 0.15) is 39.9 Å². The number of nitrogens with one attached hydrogen (secondary N) is 1. The number of hydrogen-bond acceptors (Lipinski definition) is 3. The molecule has 0 aliphatic carbocycles. The molecule has 0 bridgehead atoms. The van der Waals surface area contributed by atoms with E-state index in [0.29, 0.717) is 11.3 Å². The van der Waals surface area contributed by atoms with E-state index in [9.17, 15) is 0 Å². The highest BCUT2D eigenvalue weighted by Gasteiger charge is 2.53. The van der Waals surface area contributed by atoms with E-state index in [0.717, 1.165) is 57.4 Å². The highest BCUT2D eigenvalue weighted by molar-refractivity contribution is 5.82. The minimum Gasteiger partial charge on any atom is -0.469 e. The molecule has 1 aromatic rings. The number of aliphatic imine (C=N–C) groups is 1. The predicted octanol–water partition coefficient (Wildman–Crippen LogP) is 2.92. The van der Waals surface area contributed by atoms with Crippen LogP contribution in [-0.4, -0.2) is 49.2 Å². The molecule has 3 heterocycles. The molecule has 134 valence electrons. The van der Waals surface area contributed by atoms with E-state index in [4.69, 9.17) is 14.1 Å². The summed E-state index contributed by atoms with van der Waals surface area (Å²) >= 11 is 0. The van der Waals surface area contributed by atoms with E-state index in [1.54, 1.807) is 6.26 Å². The van der Waals surface area contributed by atoms with Gasteiger partial charge in [0.25, 0.3) is 0 Å². The molecule has 0 aromatic carbocycles. The van der Waals surface area contributed by atoms with E-state index in [1.807, 2.05) is 12.1 Å². The third-order valence-electron chi connectivity index (χ3n) is 5.90. The summed E-state index contributed by atoms with van der Waals surface area (Å²) in [5, 5.41) is 3.55. The fraction of sp³-hybridized carbons (Fsp3) is 0.737. The quantitative estimate of drug-likeness (QED) is 0.665. The summed E-state index contributed by atoms with van der Waals surface area (Å²) < 4.78 is 10.9. The van der Waals surface area contributed by atoms with Crippen molar-refractivity contribution in [2.45, 2.75) is 46.1 Å². The topological polar surface area (TPSA) is 50.0 Å². The van der Waals surface area contributed by atoms with Gasteiger partial charge in [-0.3, -0.25) is 4.99 Å². The van der Waals surface area contributed by atoms with Crippen LogP contribution in [-0.2, 0) is 11.2 Å². The molecule has 1 atom stereocenters. The average Bonchev–Trinajstić information content (AvgIpc) is 3.22. The van der Waals surface area contributed by atoms with Crippen molar-refractivity contribution in [3.63, 3.8) is 0 Å². The summed E-state index contributed by atoms with van der Waals surface area (Å²) in [5.41, 5.74) is 0.405. The van der Waals surface area contributed by atoms with Crippen LogP contribution in [0, 0.1) is 11.3 Å². The van der Waals surface area contributed by atoms with Crippen molar-refractivity contribution in [2.75, 3.05) is 32.8 Å². The van der Waals surface area contributed by atoms with Gasteiger partial charge in [0.15, 0.2) is 5.96 Å². The summed E-state index contributed by atoms with van der Waals surface area (Å²) in [6.45, 7) is 13.7. The SMILES string of the molecule is CC1(C)CN(C(=NCC2CCOC2)NCCc2ccco2)C1(C)C. The Labute approximate surface area is 145 Å². The van der Waals surface area contributed by atoms with E-state index in [2.05, 4.69) is 37.9 Å². The van der Waals surface area contributed by atoms with Crippen molar-refractivity contribution in [3.8, 4) is 0 Å². The van der Waals surface area contributed by atoms with Gasteiger partial charge in [0.1, 0.15) is 5.76 Å². The van der Waals surface area contributed by atoms with E-state index < -0.39 is 0 Å². The molecule has 24 heavy (non-hydrogen) atoms. The average molecular weight is 333 g/mol. The molecule has 5 nitrogen and oxygen atoms in total. The molecule has 0 amide bonds. The Morgan fingerprint density at radius 1 is 1.38 bits per heavy atom. The van der Waals surface area contributed by atoms with Crippen molar-refractivity contribution in [1.82, 2.24) is 10.2 Å². The lowest BCUT2D eigenvalue weighted by molar-refractivity contribution is -0.0668. The minimum absolute atomic E-state index is 0.107. The molecule has 5 heteroatoms. The third-order valence-corrected chi connectivity index (χ3v) is 5.90. The molecule has 1 aromatic heterocycles. The van der Waals surface area contributed by atoms with Crippen LogP contribution in [0.5, 0.6) is 0 Å². The minimum atomic E-state index is 0.107. The van der Waals surface area contributed by atoms with Crippen LogP contribution >= 0.6 is 0 Å². The van der Waals surface area contributed by atoms with Gasteiger partial charge in [-0.15, -0.1) is 0 Å². The summed E-state index contributed by atoms with van der Waals surface area (Å²) in [6.07, 6.45) is 3.72. The van der Waals surface area contributed by atoms with Gasteiger partial charge in [-0.2, -0.15) is 0 Å². The van der Waals surface area contributed by atoms with Crippen molar-refractivity contribution in [3.05, 3.63) is 24.2 Å². The van der Waals surface area contributed by atoms with Gasteiger partial charge in [0.2, 0.25) is 0 Å². The van der Waals surface area contributed by atoms with Gasteiger partial charge in [0.05, 0.1) is 12.9 Å². The molecule has 2 aliphatic heterocycles. The summed E-state index contributed by atoms with van der Waals surface area (Å²) in [4.78, 5) is 7.34. The van der Waals surface area contributed by atoms with Crippen LogP contribution in [0.25, 0.3) is 0 Å². The lowest BCUT2D eigenvalue weighted by Gasteiger charge is -2.62. The first-order chi connectivity index (χ1) is 11.4. The molecule has 1 unspecified atom stereocenters. The summed E-state index contributed by atoms with van der Waals surface area (Å²) in [5.74, 6) is 2.59. The smallest absolute Gasteiger partial charge is 0.194 e. The van der Waals surface area contributed by atoms with E-state index in [1.165, 1.54) is 0 Å². The zero-order valence-corrected chi connectivity index (χ0v) is 15.5. The number of hydrogen-bond donors (Lipinski definition) is 1. The zero-order valence-electron chi connectivity index (χ0n) is 15.5. The molecular weight excluding hydrogens is 302 g/mol. The number of likely N-dealkylation sites (tertiary alicyclic amines) is 1. The van der Waals surface area contributed by atoms with Gasteiger partial charge in [-0.25, -0.2) is 0 Å². The zero-order chi connectivity index (χ0) is 17.2. The molecule has 0 radical (unpaired) electrons. The highest BCUT2D eigenvalue weighted by atomic mass is 16.5. The first-order valence-corrected chi connectivity index (χ1v) is 9.06. The van der Waals surface area contributed by atoms with E-state index in [-0.39, 0.29) is 5.54 Å². The van der Waals surface area contributed by atoms with Crippen LogP contribution in [0.3, 0.4) is 0 Å². The highest BCUT2D eigenvalue weighted by Crippen LogP contribution is 2.46. The summed E-state index contributed by atoms with van der Waals surface area (Å²) in [7, 11) is 0. The third kappa shape index (κ3) is 3.46. The fourth-order valence-corrected chi connectivity index (χ4v) is 3.33.